The zero-order valence-electron chi connectivity index (χ0n) is 9.40. The van der Waals surface area contributed by atoms with E-state index in [4.69, 9.17) is 4.74 Å². The van der Waals surface area contributed by atoms with Crippen LogP contribution < -0.4 is 0 Å². The summed E-state index contributed by atoms with van der Waals surface area (Å²) in [5.74, 6) is 0.730. The van der Waals surface area contributed by atoms with Crippen LogP contribution in [0.1, 0.15) is 40.5 Å². The van der Waals surface area contributed by atoms with Gasteiger partial charge in [-0.3, -0.25) is 0 Å². The zero-order valence-corrected chi connectivity index (χ0v) is 11.0. The summed E-state index contributed by atoms with van der Waals surface area (Å²) in [7, 11) is 0. The van der Waals surface area contributed by atoms with Crippen LogP contribution in [0.5, 0.6) is 0 Å². The number of rotatable bonds is 7. The van der Waals surface area contributed by atoms with Gasteiger partial charge in [0.25, 0.3) is 0 Å². The van der Waals surface area contributed by atoms with Crippen molar-refractivity contribution in [3.63, 3.8) is 0 Å². The van der Waals surface area contributed by atoms with E-state index in [2.05, 4.69) is 36.7 Å². The first-order valence-corrected chi connectivity index (χ1v) is 6.32. The van der Waals surface area contributed by atoms with Gasteiger partial charge >= 0.3 is 0 Å². The molecule has 13 heavy (non-hydrogen) atoms. The molecule has 0 aliphatic heterocycles. The summed E-state index contributed by atoms with van der Waals surface area (Å²) in [5, 5.41) is 1.09. The van der Waals surface area contributed by atoms with Crippen LogP contribution in [0.25, 0.3) is 0 Å². The Morgan fingerprint density at radius 2 is 2.00 bits per heavy atom. The molecule has 0 radical (unpaired) electrons. The predicted molar refractivity (Wildman–Crippen MR) is 62.5 cm³/mol. The van der Waals surface area contributed by atoms with Crippen molar-refractivity contribution in [1.82, 2.24) is 0 Å². The van der Waals surface area contributed by atoms with Crippen molar-refractivity contribution in [2.75, 3.05) is 18.5 Å². The molecule has 1 unspecified atom stereocenters. The highest BCUT2D eigenvalue weighted by Gasteiger charge is 2.26. The summed E-state index contributed by atoms with van der Waals surface area (Å²) >= 11 is 3.60. The molecule has 0 N–H and O–H groups in total. The van der Waals surface area contributed by atoms with E-state index in [1.165, 1.54) is 12.8 Å². The van der Waals surface area contributed by atoms with Crippen LogP contribution >= 0.6 is 15.9 Å². The van der Waals surface area contributed by atoms with E-state index in [0.717, 1.165) is 24.5 Å². The van der Waals surface area contributed by atoms with Crippen molar-refractivity contribution in [3.8, 4) is 0 Å². The molecule has 0 aromatic heterocycles. The van der Waals surface area contributed by atoms with Gasteiger partial charge in [-0.05, 0) is 31.1 Å². The topological polar surface area (TPSA) is 9.23 Å². The first kappa shape index (κ1) is 13.4. The van der Waals surface area contributed by atoms with Crippen molar-refractivity contribution in [2.45, 2.75) is 40.5 Å². The molecule has 0 rings (SSSR count). The van der Waals surface area contributed by atoms with E-state index in [1.54, 1.807) is 0 Å². The summed E-state index contributed by atoms with van der Waals surface area (Å²) in [6.07, 6.45) is 2.42. The second kappa shape index (κ2) is 6.83. The molecule has 0 amide bonds. The number of alkyl halides is 1. The lowest BCUT2D eigenvalue weighted by molar-refractivity contribution is 0.124. The molecule has 0 heterocycles. The predicted octanol–water partition coefficient (Wildman–Crippen LogP) is 3.86. The van der Waals surface area contributed by atoms with Gasteiger partial charge < -0.3 is 4.74 Å². The number of hydrogen-bond acceptors (Lipinski definition) is 1. The Morgan fingerprint density at radius 3 is 2.38 bits per heavy atom. The minimum Gasteiger partial charge on any atom is -0.382 e. The normalized spacial score (nSPS) is 16.2. The highest BCUT2D eigenvalue weighted by atomic mass is 79.9. The van der Waals surface area contributed by atoms with E-state index in [0.29, 0.717) is 5.41 Å². The molecule has 0 saturated heterocycles. The van der Waals surface area contributed by atoms with Crippen LogP contribution in [-0.2, 0) is 4.74 Å². The van der Waals surface area contributed by atoms with Crippen molar-refractivity contribution in [1.29, 1.82) is 0 Å². The largest absolute Gasteiger partial charge is 0.382 e. The van der Waals surface area contributed by atoms with Gasteiger partial charge in [-0.1, -0.05) is 36.7 Å². The van der Waals surface area contributed by atoms with Gasteiger partial charge in [0.1, 0.15) is 0 Å². The Balaban J connectivity index is 3.71. The molecule has 80 valence electrons. The van der Waals surface area contributed by atoms with E-state index in [9.17, 15) is 0 Å². The minimum atomic E-state index is 0.428. The second-order valence-electron chi connectivity index (χ2n) is 4.24. The van der Waals surface area contributed by atoms with Crippen molar-refractivity contribution >= 4 is 15.9 Å². The smallest absolute Gasteiger partial charge is 0.0466 e. The second-order valence-corrected chi connectivity index (χ2v) is 4.80. The van der Waals surface area contributed by atoms with Gasteiger partial charge in [-0.2, -0.15) is 0 Å². The monoisotopic (exact) mass is 250 g/mol. The Kier molecular flexibility index (Phi) is 7.06. The lowest BCUT2D eigenvalue weighted by Crippen LogP contribution is -2.25. The maximum absolute atomic E-state index is 5.34. The van der Waals surface area contributed by atoms with Gasteiger partial charge in [0.2, 0.25) is 0 Å². The van der Waals surface area contributed by atoms with Gasteiger partial charge in [0.05, 0.1) is 0 Å². The molecule has 0 bridgehead atoms. The van der Waals surface area contributed by atoms with Crippen molar-refractivity contribution in [2.24, 2.45) is 11.3 Å². The maximum atomic E-state index is 5.34. The molecule has 0 aromatic rings. The molecule has 0 fully saturated rings. The van der Waals surface area contributed by atoms with Gasteiger partial charge in [-0.15, -0.1) is 0 Å². The maximum Gasteiger partial charge on any atom is 0.0466 e. The molecule has 0 spiro atoms. The number of hydrogen-bond donors (Lipinski definition) is 0. The first-order valence-electron chi connectivity index (χ1n) is 5.20. The van der Waals surface area contributed by atoms with E-state index in [1.807, 2.05) is 6.92 Å². The Bertz CT molecular complexity index is 125. The highest BCUT2D eigenvalue weighted by molar-refractivity contribution is 9.09. The number of ether oxygens (including phenoxy) is 1. The third-order valence-corrected chi connectivity index (χ3v) is 4.22. The van der Waals surface area contributed by atoms with Crippen molar-refractivity contribution < 1.29 is 4.74 Å². The molecule has 2 heteroatoms. The summed E-state index contributed by atoms with van der Waals surface area (Å²) in [6.45, 7) is 10.7. The molecular weight excluding hydrogens is 228 g/mol. The third kappa shape index (κ3) is 5.02. The Morgan fingerprint density at radius 1 is 1.38 bits per heavy atom. The van der Waals surface area contributed by atoms with Gasteiger partial charge in [0, 0.05) is 18.5 Å². The van der Waals surface area contributed by atoms with Crippen LogP contribution in [0.3, 0.4) is 0 Å². The zero-order chi connectivity index (χ0) is 10.3. The minimum absolute atomic E-state index is 0.428. The van der Waals surface area contributed by atoms with Gasteiger partial charge in [0.15, 0.2) is 0 Å². The molecular formula is C11H23BrO. The lowest BCUT2D eigenvalue weighted by atomic mass is 9.77. The summed E-state index contributed by atoms with van der Waals surface area (Å²) < 4.78 is 5.34. The van der Waals surface area contributed by atoms with Crippen LogP contribution in [0.2, 0.25) is 0 Å². The molecule has 0 aromatic carbocycles. The Labute approximate surface area is 91.4 Å². The number of halogens is 1. The molecule has 0 aliphatic rings. The average molecular weight is 251 g/mol. The fourth-order valence-electron chi connectivity index (χ4n) is 1.23. The van der Waals surface area contributed by atoms with E-state index in [-0.39, 0.29) is 0 Å². The lowest BCUT2D eigenvalue weighted by Gasteiger charge is -2.31. The average Bonchev–Trinajstić information content (AvgIpc) is 2.12. The quantitative estimate of drug-likeness (QED) is 0.493. The van der Waals surface area contributed by atoms with Gasteiger partial charge in [-0.25, -0.2) is 0 Å². The molecule has 0 aliphatic carbocycles. The van der Waals surface area contributed by atoms with E-state index >= 15 is 0 Å². The van der Waals surface area contributed by atoms with Crippen LogP contribution in [0, 0.1) is 11.3 Å². The Hall–Kier alpha value is 0.440. The summed E-state index contributed by atoms with van der Waals surface area (Å²) in [4.78, 5) is 0. The molecule has 1 nitrogen and oxygen atoms in total. The highest BCUT2D eigenvalue weighted by Crippen LogP contribution is 2.34. The fourth-order valence-corrected chi connectivity index (χ4v) is 2.16. The summed E-state index contributed by atoms with van der Waals surface area (Å²) in [5.41, 5.74) is 0.428. The third-order valence-electron chi connectivity index (χ3n) is 2.94. The van der Waals surface area contributed by atoms with E-state index < -0.39 is 0 Å². The summed E-state index contributed by atoms with van der Waals surface area (Å²) in [6, 6.07) is 0. The van der Waals surface area contributed by atoms with Crippen LogP contribution in [0.15, 0.2) is 0 Å². The molecule has 1 atom stereocenters. The fraction of sp³-hybridized carbons (Fsp3) is 1.00. The van der Waals surface area contributed by atoms with Crippen LogP contribution in [-0.4, -0.2) is 18.5 Å². The van der Waals surface area contributed by atoms with Crippen LogP contribution in [0.4, 0.5) is 0 Å². The standard InChI is InChI=1S/C11H23BrO/c1-5-13-8-6-7-11(4,9-12)10(2)3/h10H,5-9H2,1-4H3. The SMILES string of the molecule is CCOCCCC(C)(CBr)C(C)C. The molecule has 0 saturated carbocycles. The van der Waals surface area contributed by atoms with Crippen molar-refractivity contribution in [3.05, 3.63) is 0 Å². The first-order chi connectivity index (χ1) is 6.06.